The number of halogens is 2. The van der Waals surface area contributed by atoms with Crippen molar-refractivity contribution in [3.05, 3.63) is 86.4 Å². The molecule has 28 heavy (non-hydrogen) atoms. The van der Waals surface area contributed by atoms with Crippen LogP contribution in [0.25, 0.3) is 0 Å². The van der Waals surface area contributed by atoms with Crippen LogP contribution >= 0.6 is 34.2 Å². The number of rotatable bonds is 5. The van der Waals surface area contributed by atoms with E-state index in [0.717, 1.165) is 3.57 Å². The Labute approximate surface area is 181 Å². The fourth-order valence-corrected chi connectivity index (χ4v) is 3.38. The van der Waals surface area contributed by atoms with Gasteiger partial charge < -0.3 is 15.4 Å². The zero-order chi connectivity index (χ0) is 20.1. The Balaban J connectivity index is 1.84. The number of anilines is 2. The first kappa shape index (κ1) is 20.2. The SMILES string of the molecule is COc1cc(NC(=O)c2ccccc2)c(Cl)cc1NC(=O)c1ccccc1I. The van der Waals surface area contributed by atoms with Crippen LogP contribution in [0.5, 0.6) is 5.75 Å². The van der Waals surface area contributed by atoms with E-state index in [1.165, 1.54) is 7.11 Å². The molecule has 0 aromatic heterocycles. The maximum atomic E-state index is 12.6. The van der Waals surface area contributed by atoms with Gasteiger partial charge in [-0.05, 0) is 52.9 Å². The van der Waals surface area contributed by atoms with E-state index in [1.807, 2.05) is 18.2 Å². The molecule has 0 unspecified atom stereocenters. The highest BCUT2D eigenvalue weighted by molar-refractivity contribution is 14.1. The number of carbonyl (C=O) groups is 2. The summed E-state index contributed by atoms with van der Waals surface area (Å²) in [5.41, 5.74) is 1.85. The zero-order valence-corrected chi connectivity index (χ0v) is 17.7. The predicted octanol–water partition coefficient (Wildman–Crippen LogP) is 5.46. The molecule has 0 radical (unpaired) electrons. The second-order valence-corrected chi connectivity index (χ2v) is 7.36. The van der Waals surface area contributed by atoms with Crippen LogP contribution in [0.4, 0.5) is 11.4 Å². The van der Waals surface area contributed by atoms with Crippen molar-refractivity contribution in [2.45, 2.75) is 0 Å². The van der Waals surface area contributed by atoms with Gasteiger partial charge in [-0.1, -0.05) is 41.9 Å². The van der Waals surface area contributed by atoms with Crippen LogP contribution in [0.3, 0.4) is 0 Å². The Morgan fingerprint density at radius 1 is 0.893 bits per heavy atom. The minimum atomic E-state index is -0.292. The number of carbonyl (C=O) groups excluding carboxylic acids is 2. The number of hydrogen-bond acceptors (Lipinski definition) is 3. The molecule has 3 rings (SSSR count). The van der Waals surface area contributed by atoms with Crippen molar-refractivity contribution in [2.75, 3.05) is 17.7 Å². The lowest BCUT2D eigenvalue weighted by molar-refractivity contribution is 0.101. The van der Waals surface area contributed by atoms with Crippen molar-refractivity contribution in [1.82, 2.24) is 0 Å². The van der Waals surface area contributed by atoms with Gasteiger partial charge in [-0.3, -0.25) is 9.59 Å². The smallest absolute Gasteiger partial charge is 0.256 e. The molecule has 0 fully saturated rings. The van der Waals surface area contributed by atoms with Crippen molar-refractivity contribution < 1.29 is 14.3 Å². The fourth-order valence-electron chi connectivity index (χ4n) is 2.53. The lowest BCUT2D eigenvalue weighted by Crippen LogP contribution is -2.15. The van der Waals surface area contributed by atoms with Crippen molar-refractivity contribution in [3.8, 4) is 5.75 Å². The Kier molecular flexibility index (Phi) is 6.53. The van der Waals surface area contributed by atoms with Gasteiger partial charge in [0.15, 0.2) is 0 Å². The summed E-state index contributed by atoms with van der Waals surface area (Å²) in [6, 6.07) is 19.2. The first-order valence-electron chi connectivity index (χ1n) is 8.29. The number of benzene rings is 3. The molecule has 2 N–H and O–H groups in total. The monoisotopic (exact) mass is 506 g/mol. The molecule has 0 spiro atoms. The Bertz CT molecular complexity index is 1030. The summed E-state index contributed by atoms with van der Waals surface area (Å²) in [6.45, 7) is 0. The van der Waals surface area contributed by atoms with Crippen LogP contribution in [-0.4, -0.2) is 18.9 Å². The summed E-state index contributed by atoms with van der Waals surface area (Å²) >= 11 is 8.43. The highest BCUT2D eigenvalue weighted by atomic mass is 127. The molecule has 0 saturated heterocycles. The maximum absolute atomic E-state index is 12.6. The van der Waals surface area contributed by atoms with Gasteiger partial charge in [0.2, 0.25) is 0 Å². The summed E-state index contributed by atoms with van der Waals surface area (Å²) in [6.07, 6.45) is 0. The average molecular weight is 507 g/mol. The molecule has 5 nitrogen and oxygen atoms in total. The molecule has 3 aromatic rings. The van der Waals surface area contributed by atoms with E-state index in [-0.39, 0.29) is 16.8 Å². The van der Waals surface area contributed by atoms with Crippen LogP contribution in [-0.2, 0) is 0 Å². The summed E-state index contributed by atoms with van der Waals surface area (Å²) < 4.78 is 6.20. The molecule has 2 amide bonds. The van der Waals surface area contributed by atoms with E-state index in [0.29, 0.717) is 28.3 Å². The van der Waals surface area contributed by atoms with Gasteiger partial charge in [-0.2, -0.15) is 0 Å². The van der Waals surface area contributed by atoms with Gasteiger partial charge in [-0.25, -0.2) is 0 Å². The molecule has 7 heteroatoms. The number of ether oxygens (including phenoxy) is 1. The minimum absolute atomic E-state index is 0.277. The lowest BCUT2D eigenvalue weighted by atomic mass is 10.2. The highest BCUT2D eigenvalue weighted by Crippen LogP contribution is 2.35. The molecule has 0 aliphatic heterocycles. The summed E-state index contributed by atoms with van der Waals surface area (Å²) in [4.78, 5) is 24.9. The standard InChI is InChI=1S/C21H16ClIN2O3/c1-28-19-12-17(24-20(26)13-7-3-2-4-8-13)15(22)11-18(19)25-21(27)14-9-5-6-10-16(14)23/h2-12H,1H3,(H,24,26)(H,25,27). The topological polar surface area (TPSA) is 67.4 Å². The average Bonchev–Trinajstić information content (AvgIpc) is 2.70. The van der Waals surface area contributed by atoms with Crippen LogP contribution in [0.15, 0.2) is 66.7 Å². The molecule has 0 bridgehead atoms. The first-order chi connectivity index (χ1) is 13.5. The summed E-state index contributed by atoms with van der Waals surface area (Å²) in [5.74, 6) is -0.187. The molecule has 0 aliphatic rings. The summed E-state index contributed by atoms with van der Waals surface area (Å²) in [7, 11) is 1.48. The van der Waals surface area contributed by atoms with Crippen molar-refractivity contribution in [2.24, 2.45) is 0 Å². The third kappa shape index (κ3) is 4.63. The molecule has 0 saturated carbocycles. The number of amides is 2. The first-order valence-corrected chi connectivity index (χ1v) is 9.75. The van der Waals surface area contributed by atoms with Gasteiger partial charge >= 0.3 is 0 Å². The molecule has 142 valence electrons. The third-order valence-electron chi connectivity index (χ3n) is 3.94. The molecule has 0 atom stereocenters. The Hall–Kier alpha value is -2.58. The molecular weight excluding hydrogens is 491 g/mol. The van der Waals surface area contributed by atoms with Crippen LogP contribution in [0, 0.1) is 3.57 Å². The largest absolute Gasteiger partial charge is 0.494 e. The normalized spacial score (nSPS) is 10.2. The Morgan fingerprint density at radius 3 is 2.21 bits per heavy atom. The highest BCUT2D eigenvalue weighted by Gasteiger charge is 2.16. The number of hydrogen-bond donors (Lipinski definition) is 2. The molecule has 0 aliphatic carbocycles. The van der Waals surface area contributed by atoms with Gasteiger partial charge in [-0.15, -0.1) is 0 Å². The predicted molar refractivity (Wildman–Crippen MR) is 120 cm³/mol. The lowest BCUT2D eigenvalue weighted by Gasteiger charge is -2.15. The van der Waals surface area contributed by atoms with Crippen LogP contribution in [0.2, 0.25) is 5.02 Å². The van der Waals surface area contributed by atoms with Crippen LogP contribution in [0.1, 0.15) is 20.7 Å². The van der Waals surface area contributed by atoms with E-state index in [2.05, 4.69) is 33.2 Å². The molecule has 3 aromatic carbocycles. The molecule has 0 heterocycles. The number of methoxy groups -OCH3 is 1. The fraction of sp³-hybridized carbons (Fsp3) is 0.0476. The van der Waals surface area contributed by atoms with Gasteiger partial charge in [0, 0.05) is 15.2 Å². The van der Waals surface area contributed by atoms with E-state index in [1.54, 1.807) is 48.5 Å². The second-order valence-electron chi connectivity index (χ2n) is 5.79. The van der Waals surface area contributed by atoms with Gasteiger partial charge in [0.25, 0.3) is 11.8 Å². The van der Waals surface area contributed by atoms with E-state index >= 15 is 0 Å². The third-order valence-corrected chi connectivity index (χ3v) is 5.19. The van der Waals surface area contributed by atoms with Crippen LogP contribution < -0.4 is 15.4 Å². The zero-order valence-electron chi connectivity index (χ0n) is 14.8. The minimum Gasteiger partial charge on any atom is -0.494 e. The van der Waals surface area contributed by atoms with E-state index in [4.69, 9.17) is 16.3 Å². The van der Waals surface area contributed by atoms with Gasteiger partial charge in [0.1, 0.15) is 5.75 Å². The van der Waals surface area contributed by atoms with Crippen molar-refractivity contribution >= 4 is 57.4 Å². The second kappa shape index (κ2) is 9.07. The van der Waals surface area contributed by atoms with E-state index < -0.39 is 0 Å². The number of nitrogens with one attached hydrogen (secondary N) is 2. The summed E-state index contributed by atoms with van der Waals surface area (Å²) in [5, 5.41) is 5.84. The Morgan fingerprint density at radius 2 is 1.54 bits per heavy atom. The maximum Gasteiger partial charge on any atom is 0.256 e. The molecular formula is C21H16ClIN2O3. The van der Waals surface area contributed by atoms with Crippen molar-refractivity contribution in [3.63, 3.8) is 0 Å². The van der Waals surface area contributed by atoms with Crippen molar-refractivity contribution in [1.29, 1.82) is 0 Å². The van der Waals surface area contributed by atoms with Gasteiger partial charge in [0.05, 0.1) is 29.1 Å². The van der Waals surface area contributed by atoms with E-state index in [9.17, 15) is 9.59 Å². The quantitative estimate of drug-likeness (QED) is 0.452.